The number of amides is 1. The third-order valence-electron chi connectivity index (χ3n) is 3.83. The minimum atomic E-state index is -1.30. The number of aliphatic hydroxyl groups excluding tert-OH is 2. The van der Waals surface area contributed by atoms with Crippen molar-refractivity contribution < 1.29 is 29.2 Å². The molecule has 6 atom stereocenters. The van der Waals surface area contributed by atoms with Crippen LogP contribution in [0.4, 0.5) is 0 Å². The molecular weight excluding hydrogens is 290 g/mol. The molecule has 7 heteroatoms. The Morgan fingerprint density at radius 3 is 2.64 bits per heavy atom. The number of carbonyl (C=O) groups excluding carboxylic acids is 1. The molecule has 2 saturated heterocycles. The van der Waals surface area contributed by atoms with Crippen LogP contribution in [0.2, 0.25) is 0 Å². The van der Waals surface area contributed by atoms with Gasteiger partial charge >= 0.3 is 0 Å². The maximum atomic E-state index is 11.2. The number of hydrogen-bond acceptors (Lipinski definition) is 6. The minimum absolute atomic E-state index is 0.186. The molecule has 1 unspecified atom stereocenters. The summed E-state index contributed by atoms with van der Waals surface area (Å²) in [6, 6.07) is 8.41. The van der Waals surface area contributed by atoms with Crippen LogP contribution in [-0.2, 0) is 19.0 Å². The highest BCUT2D eigenvalue weighted by atomic mass is 16.7. The summed E-state index contributed by atoms with van der Waals surface area (Å²) in [6.45, 7) is 1.49. The number of fused-ring (bicyclic) bond motifs is 1. The average molecular weight is 309 g/mol. The molecule has 0 radical (unpaired) electrons. The first-order valence-electron chi connectivity index (χ1n) is 7.17. The molecule has 1 amide bonds. The summed E-state index contributed by atoms with van der Waals surface area (Å²) in [6.07, 6.45) is -4.29. The van der Waals surface area contributed by atoms with Gasteiger partial charge in [0.05, 0.1) is 6.61 Å². The fraction of sp³-hybridized carbons (Fsp3) is 0.533. The molecule has 3 rings (SSSR count). The number of carbonyl (C=O) groups is 1. The Kier molecular flexibility index (Phi) is 4.42. The highest BCUT2D eigenvalue weighted by Gasteiger charge is 2.49. The van der Waals surface area contributed by atoms with Gasteiger partial charge in [-0.05, 0) is 0 Å². The van der Waals surface area contributed by atoms with E-state index in [4.69, 9.17) is 14.2 Å². The van der Waals surface area contributed by atoms with Crippen molar-refractivity contribution in [3.63, 3.8) is 0 Å². The van der Waals surface area contributed by atoms with Crippen LogP contribution in [0.15, 0.2) is 30.3 Å². The first-order chi connectivity index (χ1) is 10.6. The molecule has 2 fully saturated rings. The predicted molar refractivity (Wildman–Crippen MR) is 74.5 cm³/mol. The maximum absolute atomic E-state index is 11.2. The quantitative estimate of drug-likeness (QED) is 0.693. The van der Waals surface area contributed by atoms with Crippen molar-refractivity contribution in [2.75, 3.05) is 6.61 Å². The van der Waals surface area contributed by atoms with E-state index in [-0.39, 0.29) is 12.5 Å². The van der Waals surface area contributed by atoms with E-state index in [1.165, 1.54) is 6.92 Å². The van der Waals surface area contributed by atoms with Crippen molar-refractivity contribution in [3.05, 3.63) is 35.9 Å². The Hall–Kier alpha value is -1.51. The summed E-state index contributed by atoms with van der Waals surface area (Å²) in [7, 11) is 0. The highest BCUT2D eigenvalue weighted by molar-refractivity contribution is 5.73. The molecule has 2 aliphatic rings. The van der Waals surface area contributed by atoms with Crippen LogP contribution in [0, 0.1) is 0 Å². The summed E-state index contributed by atoms with van der Waals surface area (Å²) >= 11 is 0. The van der Waals surface area contributed by atoms with Gasteiger partial charge in [0, 0.05) is 12.5 Å². The van der Waals surface area contributed by atoms with Crippen molar-refractivity contribution in [2.24, 2.45) is 0 Å². The molecule has 120 valence electrons. The Morgan fingerprint density at radius 2 is 1.95 bits per heavy atom. The van der Waals surface area contributed by atoms with E-state index in [9.17, 15) is 15.0 Å². The first-order valence-corrected chi connectivity index (χ1v) is 7.17. The van der Waals surface area contributed by atoms with Crippen molar-refractivity contribution >= 4 is 5.91 Å². The van der Waals surface area contributed by atoms with E-state index in [1.807, 2.05) is 30.3 Å². The molecule has 7 nitrogen and oxygen atoms in total. The number of rotatable bonds is 2. The van der Waals surface area contributed by atoms with Gasteiger partial charge in [0.2, 0.25) is 5.91 Å². The van der Waals surface area contributed by atoms with Crippen LogP contribution in [0.1, 0.15) is 18.8 Å². The number of aliphatic hydroxyl groups is 2. The molecular formula is C15H19NO6. The SMILES string of the molecule is CC(=O)N[C@@H]1[C@H](O)[C@@H]2OC(c3ccccc3)OC[C@H]2O[C@@H]1O. The normalized spacial score (nSPS) is 38.1. The lowest BCUT2D eigenvalue weighted by atomic mass is 9.96. The molecule has 3 N–H and O–H groups in total. The van der Waals surface area contributed by atoms with Gasteiger partial charge in [0.15, 0.2) is 12.6 Å². The van der Waals surface area contributed by atoms with Crippen LogP contribution < -0.4 is 5.32 Å². The van der Waals surface area contributed by atoms with Gasteiger partial charge in [0.1, 0.15) is 24.4 Å². The standard InChI is InChI=1S/C15H19NO6/c1-8(17)16-11-12(18)13-10(21-14(11)19)7-20-15(22-13)9-5-3-2-4-6-9/h2-6,10-15,18-19H,7H2,1H3,(H,16,17)/t10-,11-,12+,13-,14+,15?/m1/s1. The summed E-state index contributed by atoms with van der Waals surface area (Å²) in [4.78, 5) is 11.2. The van der Waals surface area contributed by atoms with Crippen molar-refractivity contribution in [3.8, 4) is 0 Å². The number of ether oxygens (including phenoxy) is 3. The number of hydrogen-bond donors (Lipinski definition) is 3. The molecule has 0 aliphatic carbocycles. The van der Waals surface area contributed by atoms with Crippen LogP contribution in [-0.4, -0.2) is 53.4 Å². The lowest BCUT2D eigenvalue weighted by molar-refractivity contribution is -0.337. The molecule has 2 heterocycles. The second-order valence-electron chi connectivity index (χ2n) is 5.46. The molecule has 2 aliphatic heterocycles. The van der Waals surface area contributed by atoms with Gasteiger partial charge in [-0.1, -0.05) is 30.3 Å². The lowest BCUT2D eigenvalue weighted by Crippen LogP contribution is -2.66. The van der Waals surface area contributed by atoms with Gasteiger partial charge in [-0.3, -0.25) is 4.79 Å². The van der Waals surface area contributed by atoms with Crippen LogP contribution in [0.3, 0.4) is 0 Å². The fourth-order valence-electron chi connectivity index (χ4n) is 2.78. The van der Waals surface area contributed by atoms with E-state index < -0.39 is 36.9 Å². The Labute approximate surface area is 127 Å². The Morgan fingerprint density at radius 1 is 1.23 bits per heavy atom. The zero-order valence-corrected chi connectivity index (χ0v) is 12.1. The second kappa shape index (κ2) is 6.31. The summed E-state index contributed by atoms with van der Waals surface area (Å²) < 4.78 is 16.8. The first kappa shape index (κ1) is 15.4. The largest absolute Gasteiger partial charge is 0.388 e. The molecule has 0 aromatic heterocycles. The van der Waals surface area contributed by atoms with Gasteiger partial charge in [-0.2, -0.15) is 0 Å². The van der Waals surface area contributed by atoms with Crippen LogP contribution in [0.5, 0.6) is 0 Å². The molecule has 0 spiro atoms. The molecule has 0 saturated carbocycles. The second-order valence-corrected chi connectivity index (χ2v) is 5.46. The third-order valence-corrected chi connectivity index (χ3v) is 3.83. The van der Waals surface area contributed by atoms with Gasteiger partial charge in [-0.25, -0.2) is 0 Å². The summed E-state index contributed by atoms with van der Waals surface area (Å²) in [5.74, 6) is -0.364. The van der Waals surface area contributed by atoms with Crippen molar-refractivity contribution in [2.45, 2.75) is 43.9 Å². The van der Waals surface area contributed by atoms with Crippen molar-refractivity contribution in [1.29, 1.82) is 0 Å². The zero-order valence-electron chi connectivity index (χ0n) is 12.1. The van der Waals surface area contributed by atoms with E-state index in [2.05, 4.69) is 5.32 Å². The van der Waals surface area contributed by atoms with Gasteiger partial charge < -0.3 is 29.7 Å². The highest BCUT2D eigenvalue weighted by Crippen LogP contribution is 2.33. The van der Waals surface area contributed by atoms with Crippen LogP contribution in [0.25, 0.3) is 0 Å². The van der Waals surface area contributed by atoms with E-state index in [0.717, 1.165) is 5.56 Å². The van der Waals surface area contributed by atoms with E-state index >= 15 is 0 Å². The zero-order chi connectivity index (χ0) is 15.7. The van der Waals surface area contributed by atoms with E-state index in [0.29, 0.717) is 0 Å². The molecule has 22 heavy (non-hydrogen) atoms. The number of benzene rings is 1. The Balaban J connectivity index is 1.75. The predicted octanol–water partition coefficient (Wildman–Crippen LogP) is -0.317. The topological polar surface area (TPSA) is 97.3 Å². The number of nitrogens with one attached hydrogen (secondary N) is 1. The van der Waals surface area contributed by atoms with Crippen LogP contribution >= 0.6 is 0 Å². The smallest absolute Gasteiger partial charge is 0.217 e. The monoisotopic (exact) mass is 309 g/mol. The summed E-state index contributed by atoms with van der Waals surface area (Å²) in [5, 5.41) is 22.8. The Bertz CT molecular complexity index is 524. The van der Waals surface area contributed by atoms with Crippen molar-refractivity contribution in [1.82, 2.24) is 5.32 Å². The fourth-order valence-corrected chi connectivity index (χ4v) is 2.78. The maximum Gasteiger partial charge on any atom is 0.217 e. The van der Waals surface area contributed by atoms with Gasteiger partial charge in [0.25, 0.3) is 0 Å². The minimum Gasteiger partial charge on any atom is -0.388 e. The molecule has 0 bridgehead atoms. The lowest BCUT2D eigenvalue weighted by Gasteiger charge is -2.46. The van der Waals surface area contributed by atoms with Gasteiger partial charge in [-0.15, -0.1) is 0 Å². The average Bonchev–Trinajstić information content (AvgIpc) is 2.52. The summed E-state index contributed by atoms with van der Waals surface area (Å²) in [5.41, 5.74) is 0.829. The third kappa shape index (κ3) is 2.99. The van der Waals surface area contributed by atoms with E-state index in [1.54, 1.807) is 0 Å². The molecule has 1 aromatic rings. The molecule has 1 aromatic carbocycles.